The van der Waals surface area contributed by atoms with Crippen LogP contribution in [0.15, 0.2) is 30.3 Å². The first-order valence-corrected chi connectivity index (χ1v) is 6.50. The van der Waals surface area contributed by atoms with E-state index < -0.39 is 0 Å². The second kappa shape index (κ2) is 5.19. The lowest BCUT2D eigenvalue weighted by Gasteiger charge is -2.46. The van der Waals surface area contributed by atoms with Gasteiger partial charge in [0.1, 0.15) is 0 Å². The molecule has 0 radical (unpaired) electrons. The topological polar surface area (TPSA) is 29.5 Å². The van der Waals surface area contributed by atoms with Gasteiger partial charge in [0.05, 0.1) is 18.8 Å². The summed E-state index contributed by atoms with van der Waals surface area (Å²) in [7, 11) is 0. The molecule has 0 saturated heterocycles. The van der Waals surface area contributed by atoms with Gasteiger partial charge >= 0.3 is 0 Å². The Hall–Kier alpha value is -0.860. The molecule has 2 nitrogen and oxygen atoms in total. The summed E-state index contributed by atoms with van der Waals surface area (Å²) in [5.74, 6) is 0. The third-order valence-corrected chi connectivity index (χ3v) is 3.82. The molecule has 1 N–H and O–H groups in total. The summed E-state index contributed by atoms with van der Waals surface area (Å²) in [5.41, 5.74) is 1.20. The molecule has 1 unspecified atom stereocenters. The van der Waals surface area contributed by atoms with Crippen molar-refractivity contribution in [1.29, 1.82) is 0 Å². The Morgan fingerprint density at radius 3 is 2.35 bits per heavy atom. The fourth-order valence-electron chi connectivity index (χ4n) is 2.59. The van der Waals surface area contributed by atoms with Crippen LogP contribution in [0.25, 0.3) is 0 Å². The van der Waals surface area contributed by atoms with Crippen LogP contribution in [0.4, 0.5) is 0 Å². The summed E-state index contributed by atoms with van der Waals surface area (Å²) in [6.45, 7) is 4.44. The van der Waals surface area contributed by atoms with Crippen molar-refractivity contribution in [3.63, 3.8) is 0 Å². The van der Waals surface area contributed by atoms with Crippen LogP contribution in [0.3, 0.4) is 0 Å². The maximum atomic E-state index is 10.4. The second-order valence-electron chi connectivity index (χ2n) is 5.27. The van der Waals surface area contributed by atoms with Crippen LogP contribution < -0.4 is 0 Å². The summed E-state index contributed by atoms with van der Waals surface area (Å²) in [6, 6.07) is 10.4. The van der Waals surface area contributed by atoms with Crippen LogP contribution in [0.1, 0.15) is 38.7 Å². The van der Waals surface area contributed by atoms with Crippen molar-refractivity contribution in [2.24, 2.45) is 0 Å². The van der Waals surface area contributed by atoms with Crippen LogP contribution in [0.5, 0.6) is 0 Å². The van der Waals surface area contributed by atoms with Gasteiger partial charge in [-0.05, 0) is 32.3 Å². The van der Waals surface area contributed by atoms with Crippen molar-refractivity contribution in [2.45, 2.75) is 50.7 Å². The van der Waals surface area contributed by atoms with Gasteiger partial charge in [0, 0.05) is 5.41 Å². The summed E-state index contributed by atoms with van der Waals surface area (Å²) >= 11 is 0. The van der Waals surface area contributed by atoms with Gasteiger partial charge in [-0.3, -0.25) is 0 Å². The number of ether oxygens (including phenoxy) is 1. The van der Waals surface area contributed by atoms with Crippen molar-refractivity contribution in [3.8, 4) is 0 Å². The van der Waals surface area contributed by atoms with E-state index in [1.807, 2.05) is 32.0 Å². The molecule has 1 aliphatic rings. The quantitative estimate of drug-likeness (QED) is 0.849. The number of aliphatic hydroxyl groups is 1. The summed E-state index contributed by atoms with van der Waals surface area (Å²) in [6.07, 6.45) is 3.13. The minimum atomic E-state index is -0.388. The third kappa shape index (κ3) is 2.53. The Bertz CT molecular complexity index is 341. The van der Waals surface area contributed by atoms with E-state index in [2.05, 4.69) is 12.1 Å². The number of rotatable bonds is 5. The normalized spacial score (nSPS) is 20.0. The standard InChI is InChI=1S/C15H22O2/c1-12(2)17-11-14(16)15(9-6-10-15)13-7-4-3-5-8-13/h3-5,7-8,12,14,16H,6,9-11H2,1-2H3. The summed E-state index contributed by atoms with van der Waals surface area (Å²) in [4.78, 5) is 0. The zero-order valence-corrected chi connectivity index (χ0v) is 10.7. The van der Waals surface area contributed by atoms with E-state index in [0.717, 1.165) is 12.8 Å². The van der Waals surface area contributed by atoms with E-state index in [1.165, 1.54) is 12.0 Å². The van der Waals surface area contributed by atoms with E-state index in [0.29, 0.717) is 6.61 Å². The molecular weight excluding hydrogens is 212 g/mol. The molecular formula is C15H22O2. The van der Waals surface area contributed by atoms with Gasteiger partial charge in [0.25, 0.3) is 0 Å². The summed E-state index contributed by atoms with van der Waals surface area (Å²) < 4.78 is 5.56. The number of hydrogen-bond acceptors (Lipinski definition) is 2. The first-order valence-electron chi connectivity index (χ1n) is 6.50. The Balaban J connectivity index is 2.09. The van der Waals surface area contributed by atoms with Crippen molar-refractivity contribution >= 4 is 0 Å². The van der Waals surface area contributed by atoms with Gasteiger partial charge in [0.2, 0.25) is 0 Å². The highest BCUT2D eigenvalue weighted by Gasteiger charge is 2.44. The van der Waals surface area contributed by atoms with Crippen LogP contribution in [0.2, 0.25) is 0 Å². The molecule has 0 aromatic heterocycles. The maximum Gasteiger partial charge on any atom is 0.0870 e. The van der Waals surface area contributed by atoms with Crippen molar-refractivity contribution in [2.75, 3.05) is 6.61 Å². The highest BCUT2D eigenvalue weighted by atomic mass is 16.5. The van der Waals surface area contributed by atoms with E-state index in [-0.39, 0.29) is 17.6 Å². The van der Waals surface area contributed by atoms with Crippen molar-refractivity contribution in [1.82, 2.24) is 0 Å². The van der Waals surface area contributed by atoms with Crippen molar-refractivity contribution in [3.05, 3.63) is 35.9 Å². The minimum absolute atomic E-state index is 0.0594. The first-order chi connectivity index (χ1) is 8.15. The summed E-state index contributed by atoms with van der Waals surface area (Å²) in [5, 5.41) is 10.4. The number of aliphatic hydroxyl groups excluding tert-OH is 1. The predicted molar refractivity (Wildman–Crippen MR) is 69.1 cm³/mol. The Morgan fingerprint density at radius 2 is 1.88 bits per heavy atom. The molecule has 94 valence electrons. The van der Waals surface area contributed by atoms with Crippen molar-refractivity contribution < 1.29 is 9.84 Å². The number of benzene rings is 1. The van der Waals surface area contributed by atoms with Gasteiger partial charge in [-0.25, -0.2) is 0 Å². The monoisotopic (exact) mass is 234 g/mol. The molecule has 0 amide bonds. The molecule has 2 rings (SSSR count). The SMILES string of the molecule is CC(C)OCC(O)C1(c2ccccc2)CCC1. The second-order valence-corrected chi connectivity index (χ2v) is 5.27. The first kappa shape index (κ1) is 12.6. The zero-order valence-electron chi connectivity index (χ0n) is 10.7. The van der Waals surface area contributed by atoms with E-state index >= 15 is 0 Å². The fraction of sp³-hybridized carbons (Fsp3) is 0.600. The molecule has 0 bridgehead atoms. The van der Waals surface area contributed by atoms with Crippen LogP contribution in [-0.4, -0.2) is 23.9 Å². The molecule has 1 saturated carbocycles. The van der Waals surface area contributed by atoms with E-state index in [4.69, 9.17) is 4.74 Å². The largest absolute Gasteiger partial charge is 0.390 e. The average molecular weight is 234 g/mol. The Morgan fingerprint density at radius 1 is 1.24 bits per heavy atom. The predicted octanol–water partition coefficient (Wildman–Crippen LogP) is 2.89. The van der Waals surface area contributed by atoms with E-state index in [9.17, 15) is 5.11 Å². The van der Waals surface area contributed by atoms with E-state index in [1.54, 1.807) is 0 Å². The molecule has 17 heavy (non-hydrogen) atoms. The van der Waals surface area contributed by atoms with Gasteiger partial charge < -0.3 is 9.84 Å². The minimum Gasteiger partial charge on any atom is -0.390 e. The maximum absolute atomic E-state index is 10.4. The van der Waals surface area contributed by atoms with Crippen LogP contribution >= 0.6 is 0 Å². The lowest BCUT2D eigenvalue weighted by molar-refractivity contribution is -0.0534. The zero-order chi connectivity index (χ0) is 12.3. The van der Waals surface area contributed by atoms with Gasteiger partial charge in [-0.15, -0.1) is 0 Å². The smallest absolute Gasteiger partial charge is 0.0870 e. The Labute approximate surface area is 104 Å². The van der Waals surface area contributed by atoms with Crippen LogP contribution in [0, 0.1) is 0 Å². The molecule has 0 spiro atoms. The Kier molecular flexibility index (Phi) is 3.85. The molecule has 2 heteroatoms. The van der Waals surface area contributed by atoms with Gasteiger partial charge in [-0.1, -0.05) is 36.8 Å². The molecule has 1 fully saturated rings. The average Bonchev–Trinajstić information content (AvgIpc) is 2.26. The molecule has 1 atom stereocenters. The van der Waals surface area contributed by atoms with Gasteiger partial charge in [-0.2, -0.15) is 0 Å². The fourth-order valence-corrected chi connectivity index (χ4v) is 2.59. The van der Waals surface area contributed by atoms with Crippen LogP contribution in [-0.2, 0) is 10.2 Å². The lowest BCUT2D eigenvalue weighted by atomic mass is 9.61. The molecule has 1 aromatic carbocycles. The van der Waals surface area contributed by atoms with Gasteiger partial charge in [0.15, 0.2) is 0 Å². The molecule has 0 heterocycles. The molecule has 1 aliphatic carbocycles. The molecule has 1 aromatic rings. The lowest BCUT2D eigenvalue weighted by Crippen LogP contribution is -2.48. The third-order valence-electron chi connectivity index (χ3n) is 3.82. The highest BCUT2D eigenvalue weighted by Crippen LogP contribution is 2.46. The molecule has 0 aliphatic heterocycles. The number of hydrogen-bond donors (Lipinski definition) is 1. The highest BCUT2D eigenvalue weighted by molar-refractivity contribution is 5.29.